The normalized spacial score (nSPS) is 22.5. The van der Waals surface area contributed by atoms with Crippen LogP contribution in [-0.2, 0) is 11.2 Å². The second-order valence-electron chi connectivity index (χ2n) is 9.12. The van der Waals surface area contributed by atoms with Gasteiger partial charge in [0, 0.05) is 17.5 Å². The first kappa shape index (κ1) is 23.0. The molecule has 7 nitrogen and oxygen atoms in total. The molecule has 1 fully saturated rings. The zero-order valence-corrected chi connectivity index (χ0v) is 19.4. The van der Waals surface area contributed by atoms with Gasteiger partial charge in [-0.25, -0.2) is 0 Å². The molecule has 2 aromatic rings. The number of amides is 2. The van der Waals surface area contributed by atoms with Crippen molar-refractivity contribution in [3.63, 3.8) is 0 Å². The van der Waals surface area contributed by atoms with E-state index in [1.54, 1.807) is 18.2 Å². The van der Waals surface area contributed by atoms with Crippen molar-refractivity contribution >= 4 is 17.8 Å². The van der Waals surface area contributed by atoms with E-state index in [-0.39, 0.29) is 23.3 Å². The molecule has 0 spiro atoms. The van der Waals surface area contributed by atoms with Crippen molar-refractivity contribution in [1.82, 2.24) is 15.5 Å². The summed E-state index contributed by atoms with van der Waals surface area (Å²) < 4.78 is 0. The third kappa shape index (κ3) is 4.25. The Kier molecular flexibility index (Phi) is 6.26. The molecule has 1 saturated heterocycles. The molecule has 0 radical (unpaired) electrons. The first-order chi connectivity index (χ1) is 15.8. The van der Waals surface area contributed by atoms with Crippen molar-refractivity contribution in [2.45, 2.75) is 70.2 Å². The number of hydrogen-bond donors (Lipinski definition) is 4. The molecule has 33 heavy (non-hydrogen) atoms. The topological polar surface area (TPSA) is 106 Å². The average molecular weight is 449 g/mol. The van der Waals surface area contributed by atoms with E-state index in [0.717, 1.165) is 29.5 Å². The molecule has 4 rings (SSSR count). The van der Waals surface area contributed by atoms with Gasteiger partial charge in [0.2, 0.25) is 5.91 Å². The minimum absolute atomic E-state index is 0.0875. The highest BCUT2D eigenvalue weighted by molar-refractivity contribution is 6.00. The van der Waals surface area contributed by atoms with Crippen molar-refractivity contribution in [2.75, 3.05) is 0 Å². The fourth-order valence-corrected chi connectivity index (χ4v) is 5.00. The number of nitrogens with zero attached hydrogens (tertiary/aromatic N) is 1. The zero-order chi connectivity index (χ0) is 23.8. The van der Waals surface area contributed by atoms with Gasteiger partial charge in [0.25, 0.3) is 5.91 Å². The standard InChI is InChI=1S/C26H32N4O3/c1-4-26(5-2)15-22(32)30(25(27)29-26)16(3)17-10-8-11-19(13-17)24(33)28-23-20-12-7-6-9-18(20)14-21(23)31/h6-13,16,21,23,31H,4-5,14-15H2,1-3H3,(H2,27,29)(H,28,33)/t16?,21-,23?/m1/s1. The van der Waals surface area contributed by atoms with E-state index < -0.39 is 18.2 Å². The average Bonchev–Trinajstić information content (AvgIpc) is 3.13. The van der Waals surface area contributed by atoms with E-state index in [4.69, 9.17) is 5.41 Å². The summed E-state index contributed by atoms with van der Waals surface area (Å²) >= 11 is 0. The largest absolute Gasteiger partial charge is 0.390 e. The Labute approximate surface area is 194 Å². The molecular formula is C26H32N4O3. The monoisotopic (exact) mass is 448 g/mol. The van der Waals surface area contributed by atoms with Crippen LogP contribution < -0.4 is 10.6 Å². The fourth-order valence-electron chi connectivity index (χ4n) is 5.00. The Morgan fingerprint density at radius 3 is 2.67 bits per heavy atom. The number of aliphatic hydroxyl groups excluding tert-OH is 1. The Morgan fingerprint density at radius 2 is 1.97 bits per heavy atom. The number of nitrogens with one attached hydrogen (secondary N) is 3. The number of fused-ring (bicyclic) bond motifs is 1. The quantitative estimate of drug-likeness (QED) is 0.543. The summed E-state index contributed by atoms with van der Waals surface area (Å²) in [5.41, 5.74) is 2.84. The van der Waals surface area contributed by atoms with Crippen LogP contribution in [0.5, 0.6) is 0 Å². The van der Waals surface area contributed by atoms with Gasteiger partial charge in [0.05, 0.1) is 24.6 Å². The summed E-state index contributed by atoms with van der Waals surface area (Å²) in [6.45, 7) is 5.92. The minimum Gasteiger partial charge on any atom is -0.390 e. The summed E-state index contributed by atoms with van der Waals surface area (Å²) in [6.07, 6.45) is 1.73. The Bertz CT molecular complexity index is 1060. The first-order valence-electron chi connectivity index (χ1n) is 11.6. The third-order valence-corrected chi connectivity index (χ3v) is 7.25. The maximum atomic E-state index is 13.0. The highest BCUT2D eigenvalue weighted by Gasteiger charge is 2.41. The number of hydrogen-bond acceptors (Lipinski definition) is 4. The van der Waals surface area contributed by atoms with Gasteiger partial charge in [0.1, 0.15) is 0 Å². The van der Waals surface area contributed by atoms with Crippen LogP contribution in [0.15, 0.2) is 48.5 Å². The molecule has 3 atom stereocenters. The smallest absolute Gasteiger partial charge is 0.251 e. The third-order valence-electron chi connectivity index (χ3n) is 7.25. The SMILES string of the molecule is CCC1(CC)CC(=O)N(C(C)c2cccc(C(=O)NC3c4ccccc4C[C@H]3O)c2)C(=N)N1. The highest BCUT2D eigenvalue weighted by atomic mass is 16.3. The molecule has 7 heteroatoms. The Morgan fingerprint density at radius 1 is 1.24 bits per heavy atom. The van der Waals surface area contributed by atoms with Crippen LogP contribution in [0.3, 0.4) is 0 Å². The molecule has 2 unspecified atom stereocenters. The van der Waals surface area contributed by atoms with Crippen LogP contribution in [0, 0.1) is 5.41 Å². The summed E-state index contributed by atoms with van der Waals surface area (Å²) in [4.78, 5) is 27.5. The number of carbonyl (C=O) groups excluding carboxylic acids is 2. The second-order valence-corrected chi connectivity index (χ2v) is 9.12. The van der Waals surface area contributed by atoms with Crippen molar-refractivity contribution in [1.29, 1.82) is 5.41 Å². The van der Waals surface area contributed by atoms with Crippen LogP contribution in [0.2, 0.25) is 0 Å². The molecule has 1 aliphatic heterocycles. The molecular weight excluding hydrogens is 416 g/mol. The molecule has 2 aliphatic rings. The lowest BCUT2D eigenvalue weighted by Gasteiger charge is -2.44. The van der Waals surface area contributed by atoms with Crippen molar-refractivity contribution in [3.8, 4) is 0 Å². The Hall–Kier alpha value is -3.19. The first-order valence-corrected chi connectivity index (χ1v) is 11.6. The molecule has 1 heterocycles. The molecule has 0 aromatic heterocycles. The van der Waals surface area contributed by atoms with Crippen LogP contribution in [0.1, 0.15) is 79.2 Å². The van der Waals surface area contributed by atoms with Crippen LogP contribution >= 0.6 is 0 Å². The Balaban J connectivity index is 1.52. The predicted molar refractivity (Wildman–Crippen MR) is 127 cm³/mol. The molecule has 2 aromatic carbocycles. The van der Waals surface area contributed by atoms with Gasteiger partial charge in [-0.3, -0.25) is 19.9 Å². The maximum Gasteiger partial charge on any atom is 0.251 e. The molecule has 174 valence electrons. The lowest BCUT2D eigenvalue weighted by molar-refractivity contribution is -0.132. The zero-order valence-electron chi connectivity index (χ0n) is 19.4. The van der Waals surface area contributed by atoms with Gasteiger partial charge >= 0.3 is 0 Å². The molecule has 0 bridgehead atoms. The number of aliphatic hydroxyl groups is 1. The van der Waals surface area contributed by atoms with Gasteiger partial charge in [-0.1, -0.05) is 50.2 Å². The summed E-state index contributed by atoms with van der Waals surface area (Å²) in [5.74, 6) is -0.266. The maximum absolute atomic E-state index is 13.0. The van der Waals surface area contributed by atoms with Crippen molar-refractivity contribution in [2.24, 2.45) is 0 Å². The summed E-state index contributed by atoms with van der Waals surface area (Å²) in [5, 5.41) is 25.2. The van der Waals surface area contributed by atoms with Crippen LogP contribution in [-0.4, -0.2) is 39.4 Å². The van der Waals surface area contributed by atoms with Gasteiger partial charge in [-0.05, 0) is 48.6 Å². The van der Waals surface area contributed by atoms with E-state index >= 15 is 0 Å². The fraction of sp³-hybridized carbons (Fsp3) is 0.423. The van der Waals surface area contributed by atoms with Gasteiger partial charge in [-0.2, -0.15) is 0 Å². The minimum atomic E-state index is -0.664. The van der Waals surface area contributed by atoms with Crippen LogP contribution in [0.4, 0.5) is 0 Å². The summed E-state index contributed by atoms with van der Waals surface area (Å²) in [7, 11) is 0. The second kappa shape index (κ2) is 8.98. The van der Waals surface area contributed by atoms with Crippen molar-refractivity contribution in [3.05, 3.63) is 70.8 Å². The van der Waals surface area contributed by atoms with Crippen molar-refractivity contribution < 1.29 is 14.7 Å². The lowest BCUT2D eigenvalue weighted by atomic mass is 9.86. The van der Waals surface area contributed by atoms with E-state index in [0.29, 0.717) is 18.4 Å². The number of rotatable bonds is 6. The number of benzene rings is 2. The molecule has 1 aliphatic carbocycles. The van der Waals surface area contributed by atoms with E-state index in [2.05, 4.69) is 10.6 Å². The summed E-state index contributed by atoms with van der Waals surface area (Å²) in [6, 6.07) is 14.0. The van der Waals surface area contributed by atoms with E-state index in [9.17, 15) is 14.7 Å². The van der Waals surface area contributed by atoms with Crippen LogP contribution in [0.25, 0.3) is 0 Å². The van der Waals surface area contributed by atoms with Gasteiger partial charge in [-0.15, -0.1) is 0 Å². The van der Waals surface area contributed by atoms with Gasteiger partial charge < -0.3 is 15.7 Å². The molecule has 0 saturated carbocycles. The number of carbonyl (C=O) groups is 2. The lowest BCUT2D eigenvalue weighted by Crippen LogP contribution is -2.62. The van der Waals surface area contributed by atoms with E-state index in [1.807, 2.05) is 51.1 Å². The highest BCUT2D eigenvalue weighted by Crippen LogP contribution is 2.33. The molecule has 2 amide bonds. The number of guanidine groups is 1. The predicted octanol–water partition coefficient (Wildman–Crippen LogP) is 3.45. The molecule has 4 N–H and O–H groups in total. The van der Waals surface area contributed by atoms with Gasteiger partial charge in [0.15, 0.2) is 5.96 Å². The van der Waals surface area contributed by atoms with E-state index in [1.165, 1.54) is 4.90 Å².